The van der Waals surface area contributed by atoms with Gasteiger partial charge in [-0.15, -0.1) is 0 Å². The Hall–Kier alpha value is -0.650. The third-order valence-electron chi connectivity index (χ3n) is 3.51. The molecule has 0 aromatic rings. The molecule has 1 unspecified atom stereocenters. The molecule has 0 saturated carbocycles. The van der Waals surface area contributed by atoms with E-state index >= 15 is 0 Å². The summed E-state index contributed by atoms with van der Waals surface area (Å²) in [6, 6.07) is 0. The van der Waals surface area contributed by atoms with Crippen LogP contribution in [-0.4, -0.2) is 73.9 Å². The Balaban J connectivity index is 2.26. The maximum Gasteiger partial charge on any atom is 0.225 e. The van der Waals surface area contributed by atoms with Crippen molar-refractivity contribution in [2.24, 2.45) is 5.92 Å². The van der Waals surface area contributed by atoms with E-state index in [0.717, 1.165) is 45.6 Å². The fourth-order valence-electron chi connectivity index (χ4n) is 2.30. The molecule has 0 aromatic heterocycles. The predicted molar refractivity (Wildman–Crippen MR) is 70.4 cm³/mol. The number of aliphatic hydroxyl groups is 1. The molecule has 1 heterocycles. The number of amides is 1. The molecule has 0 aromatic carbocycles. The second-order valence-corrected chi connectivity index (χ2v) is 4.93. The Morgan fingerprint density at radius 3 is 2.56 bits per heavy atom. The first-order valence-electron chi connectivity index (χ1n) is 6.80. The van der Waals surface area contributed by atoms with Gasteiger partial charge in [0, 0.05) is 52.4 Å². The highest BCUT2D eigenvalue weighted by molar-refractivity contribution is 5.78. The minimum absolute atomic E-state index is 0.0875. The van der Waals surface area contributed by atoms with Crippen molar-refractivity contribution in [1.82, 2.24) is 9.80 Å². The molecule has 1 aliphatic heterocycles. The Bertz CT molecular complexity index is 240. The van der Waals surface area contributed by atoms with Crippen molar-refractivity contribution in [3.05, 3.63) is 0 Å². The van der Waals surface area contributed by atoms with Gasteiger partial charge in [-0.2, -0.15) is 0 Å². The molecule has 1 atom stereocenters. The van der Waals surface area contributed by atoms with Gasteiger partial charge in [-0.3, -0.25) is 9.69 Å². The van der Waals surface area contributed by atoms with E-state index in [1.807, 2.05) is 11.8 Å². The first kappa shape index (κ1) is 15.4. The topological polar surface area (TPSA) is 53.0 Å². The number of aliphatic hydroxyl groups excluding tert-OH is 1. The van der Waals surface area contributed by atoms with E-state index in [9.17, 15) is 4.79 Å². The van der Waals surface area contributed by atoms with E-state index in [0.29, 0.717) is 6.54 Å². The van der Waals surface area contributed by atoms with Gasteiger partial charge in [-0.1, -0.05) is 6.92 Å². The number of hydrogen-bond donors (Lipinski definition) is 1. The Morgan fingerprint density at radius 1 is 1.33 bits per heavy atom. The fraction of sp³-hybridized carbons (Fsp3) is 0.923. The number of methoxy groups -OCH3 is 1. The summed E-state index contributed by atoms with van der Waals surface area (Å²) in [6.45, 7) is 6.95. The van der Waals surface area contributed by atoms with Crippen LogP contribution in [0.2, 0.25) is 0 Å². The average Bonchev–Trinajstić information content (AvgIpc) is 2.39. The van der Waals surface area contributed by atoms with Crippen molar-refractivity contribution >= 4 is 5.91 Å². The van der Waals surface area contributed by atoms with E-state index in [-0.39, 0.29) is 18.4 Å². The highest BCUT2D eigenvalue weighted by Crippen LogP contribution is 2.12. The molecule has 1 saturated heterocycles. The van der Waals surface area contributed by atoms with Gasteiger partial charge in [0.15, 0.2) is 0 Å². The lowest BCUT2D eigenvalue weighted by Gasteiger charge is -2.35. The van der Waals surface area contributed by atoms with Crippen molar-refractivity contribution in [2.75, 3.05) is 53.0 Å². The Labute approximate surface area is 110 Å². The first-order valence-corrected chi connectivity index (χ1v) is 6.80. The quantitative estimate of drug-likeness (QED) is 0.662. The van der Waals surface area contributed by atoms with Crippen LogP contribution in [0.25, 0.3) is 0 Å². The maximum atomic E-state index is 12.2. The maximum absolute atomic E-state index is 12.2. The summed E-state index contributed by atoms with van der Waals surface area (Å²) in [4.78, 5) is 16.3. The monoisotopic (exact) mass is 258 g/mol. The molecule has 0 aliphatic carbocycles. The van der Waals surface area contributed by atoms with Crippen LogP contribution in [0.3, 0.4) is 0 Å². The Kier molecular flexibility index (Phi) is 7.23. The summed E-state index contributed by atoms with van der Waals surface area (Å²) < 4.78 is 5.00. The van der Waals surface area contributed by atoms with Gasteiger partial charge < -0.3 is 14.7 Å². The highest BCUT2D eigenvalue weighted by Gasteiger charge is 2.24. The standard InChI is InChI=1S/C13H26N2O3/c1-12(4-3-11-18-2)13(17)15-7-5-14(6-8-15)9-10-16/h12,16H,3-11H2,1-2H3. The van der Waals surface area contributed by atoms with Crippen LogP contribution in [-0.2, 0) is 9.53 Å². The predicted octanol–water partition coefficient (Wildman–Crippen LogP) is 0.186. The number of rotatable bonds is 7. The summed E-state index contributed by atoms with van der Waals surface area (Å²) in [5.74, 6) is 0.347. The van der Waals surface area contributed by atoms with Crippen LogP contribution in [0.4, 0.5) is 0 Å². The molecule has 1 N–H and O–H groups in total. The van der Waals surface area contributed by atoms with Gasteiger partial charge in [-0.05, 0) is 12.8 Å². The zero-order valence-electron chi connectivity index (χ0n) is 11.6. The van der Waals surface area contributed by atoms with E-state index in [4.69, 9.17) is 9.84 Å². The molecule has 106 valence electrons. The minimum atomic E-state index is 0.0875. The number of hydrogen-bond acceptors (Lipinski definition) is 4. The minimum Gasteiger partial charge on any atom is -0.395 e. The van der Waals surface area contributed by atoms with Gasteiger partial charge in [-0.25, -0.2) is 0 Å². The second kappa shape index (κ2) is 8.45. The molecule has 1 fully saturated rings. The molecule has 1 aliphatic rings. The number of piperazine rings is 1. The lowest BCUT2D eigenvalue weighted by atomic mass is 10.0. The second-order valence-electron chi connectivity index (χ2n) is 4.93. The van der Waals surface area contributed by atoms with Gasteiger partial charge in [0.1, 0.15) is 0 Å². The molecular weight excluding hydrogens is 232 g/mol. The molecule has 5 heteroatoms. The van der Waals surface area contributed by atoms with E-state index in [1.165, 1.54) is 0 Å². The third kappa shape index (κ3) is 4.92. The number of ether oxygens (including phenoxy) is 1. The fourth-order valence-corrected chi connectivity index (χ4v) is 2.30. The zero-order chi connectivity index (χ0) is 13.4. The van der Waals surface area contributed by atoms with Crippen molar-refractivity contribution in [3.8, 4) is 0 Å². The average molecular weight is 258 g/mol. The molecular formula is C13H26N2O3. The molecule has 0 spiro atoms. The molecule has 0 radical (unpaired) electrons. The number of β-amino-alcohol motifs (C(OH)–C–C–N with tert-alkyl or cyclic N) is 1. The van der Waals surface area contributed by atoms with Crippen molar-refractivity contribution in [1.29, 1.82) is 0 Å². The van der Waals surface area contributed by atoms with Crippen LogP contribution in [0.15, 0.2) is 0 Å². The summed E-state index contributed by atoms with van der Waals surface area (Å²) in [7, 11) is 1.69. The van der Waals surface area contributed by atoms with Gasteiger partial charge >= 0.3 is 0 Å². The van der Waals surface area contributed by atoms with Crippen LogP contribution < -0.4 is 0 Å². The van der Waals surface area contributed by atoms with Crippen LogP contribution >= 0.6 is 0 Å². The van der Waals surface area contributed by atoms with Gasteiger partial charge in [0.2, 0.25) is 5.91 Å². The summed E-state index contributed by atoms with van der Waals surface area (Å²) in [6.07, 6.45) is 1.83. The van der Waals surface area contributed by atoms with Crippen molar-refractivity contribution in [3.63, 3.8) is 0 Å². The smallest absolute Gasteiger partial charge is 0.225 e. The molecule has 5 nitrogen and oxygen atoms in total. The first-order chi connectivity index (χ1) is 8.69. The van der Waals surface area contributed by atoms with E-state index < -0.39 is 0 Å². The summed E-state index contributed by atoms with van der Waals surface area (Å²) in [5, 5.41) is 8.87. The SMILES string of the molecule is COCCCC(C)C(=O)N1CCN(CCO)CC1. The van der Waals surface area contributed by atoms with E-state index in [1.54, 1.807) is 7.11 Å². The molecule has 18 heavy (non-hydrogen) atoms. The lowest BCUT2D eigenvalue weighted by molar-refractivity contribution is -0.137. The van der Waals surface area contributed by atoms with E-state index in [2.05, 4.69) is 4.90 Å². The van der Waals surface area contributed by atoms with Crippen LogP contribution in [0.5, 0.6) is 0 Å². The molecule has 1 amide bonds. The van der Waals surface area contributed by atoms with Gasteiger partial charge in [0.25, 0.3) is 0 Å². The highest BCUT2D eigenvalue weighted by atomic mass is 16.5. The summed E-state index contributed by atoms with van der Waals surface area (Å²) in [5.41, 5.74) is 0. The summed E-state index contributed by atoms with van der Waals surface area (Å²) >= 11 is 0. The van der Waals surface area contributed by atoms with Crippen LogP contribution in [0.1, 0.15) is 19.8 Å². The lowest BCUT2D eigenvalue weighted by Crippen LogP contribution is -2.50. The molecule has 0 bridgehead atoms. The largest absolute Gasteiger partial charge is 0.395 e. The number of carbonyl (C=O) groups excluding carboxylic acids is 1. The Morgan fingerprint density at radius 2 is 2.00 bits per heavy atom. The van der Waals surface area contributed by atoms with Crippen LogP contribution in [0, 0.1) is 5.92 Å². The van der Waals surface area contributed by atoms with Crippen molar-refractivity contribution < 1.29 is 14.6 Å². The number of carbonyl (C=O) groups is 1. The van der Waals surface area contributed by atoms with Crippen molar-refractivity contribution in [2.45, 2.75) is 19.8 Å². The molecule has 1 rings (SSSR count). The third-order valence-corrected chi connectivity index (χ3v) is 3.51. The zero-order valence-corrected chi connectivity index (χ0v) is 11.6. The normalized spacial score (nSPS) is 18.9. The number of nitrogens with zero attached hydrogens (tertiary/aromatic N) is 2. The van der Waals surface area contributed by atoms with Gasteiger partial charge in [0.05, 0.1) is 6.61 Å².